The molecule has 49 heavy (non-hydrogen) atoms. The Morgan fingerprint density at radius 3 is 1.04 bits per heavy atom. The van der Waals surface area contributed by atoms with Crippen LogP contribution >= 0.6 is 0 Å². The van der Waals surface area contributed by atoms with Crippen LogP contribution in [0.5, 0.6) is 17.2 Å². The summed E-state index contributed by atoms with van der Waals surface area (Å²) >= 11 is 0. The normalized spacial score (nSPS) is 10.9. The SMILES string of the molecule is CC(=O)CC(=O)Oc1ccc(-c2cc(-c3ccc(OC(=O)CC(C)=O)cc3)c(S(=O)(=O)O)c(-c3ccc(OC(=O)CC(C)=O)cc3)c2)cc1. The molecule has 0 aliphatic rings. The number of esters is 3. The molecule has 4 rings (SSSR count). The van der Waals surface area contributed by atoms with Gasteiger partial charge in [0.2, 0.25) is 0 Å². The van der Waals surface area contributed by atoms with Crippen molar-refractivity contribution in [3.8, 4) is 50.6 Å². The predicted molar refractivity (Wildman–Crippen MR) is 175 cm³/mol. The highest BCUT2D eigenvalue weighted by atomic mass is 32.2. The molecule has 0 aliphatic carbocycles. The van der Waals surface area contributed by atoms with Gasteiger partial charge in [0.05, 0.1) is 0 Å². The lowest BCUT2D eigenvalue weighted by Crippen LogP contribution is -2.11. The minimum absolute atomic E-state index is 0.0746. The maximum Gasteiger partial charge on any atom is 0.318 e. The smallest absolute Gasteiger partial charge is 0.318 e. The van der Waals surface area contributed by atoms with E-state index in [2.05, 4.69) is 0 Å². The number of carbonyl (C=O) groups excluding carboxylic acids is 6. The Morgan fingerprint density at radius 2 is 0.776 bits per heavy atom. The van der Waals surface area contributed by atoms with Crippen molar-refractivity contribution in [1.29, 1.82) is 0 Å². The van der Waals surface area contributed by atoms with E-state index in [-0.39, 0.29) is 45.7 Å². The van der Waals surface area contributed by atoms with E-state index in [1.807, 2.05) is 0 Å². The Morgan fingerprint density at radius 1 is 0.490 bits per heavy atom. The second-order valence-corrected chi connectivity index (χ2v) is 12.4. The van der Waals surface area contributed by atoms with E-state index in [1.54, 1.807) is 12.1 Å². The van der Waals surface area contributed by atoms with Crippen LogP contribution in [-0.2, 0) is 38.9 Å². The van der Waals surface area contributed by atoms with Crippen LogP contribution in [0.3, 0.4) is 0 Å². The molecule has 0 saturated carbocycles. The Bertz CT molecular complexity index is 1950. The lowest BCUT2D eigenvalue weighted by molar-refractivity contribution is -0.139. The first-order valence-electron chi connectivity index (χ1n) is 14.7. The monoisotopic (exact) mass is 686 g/mol. The molecule has 0 radical (unpaired) electrons. The average molecular weight is 687 g/mol. The van der Waals surface area contributed by atoms with Gasteiger partial charge < -0.3 is 14.2 Å². The van der Waals surface area contributed by atoms with Gasteiger partial charge in [0.25, 0.3) is 10.1 Å². The van der Waals surface area contributed by atoms with E-state index < -0.39 is 52.2 Å². The third-order valence-corrected chi connectivity index (χ3v) is 7.70. The van der Waals surface area contributed by atoms with Crippen molar-refractivity contribution in [3.63, 3.8) is 0 Å². The molecule has 0 spiro atoms. The largest absolute Gasteiger partial charge is 0.426 e. The summed E-state index contributed by atoms with van der Waals surface area (Å²) in [5.41, 5.74) is 1.81. The van der Waals surface area contributed by atoms with Crippen LogP contribution in [0.1, 0.15) is 40.0 Å². The number of carbonyl (C=O) groups is 6. The number of hydrogen-bond acceptors (Lipinski definition) is 11. The zero-order valence-electron chi connectivity index (χ0n) is 26.6. The summed E-state index contributed by atoms with van der Waals surface area (Å²) in [6.45, 7) is 3.75. The lowest BCUT2D eigenvalue weighted by atomic mass is 9.93. The van der Waals surface area contributed by atoms with E-state index in [4.69, 9.17) is 14.2 Å². The number of Topliss-reactive ketones (excluding diaryl/α,β-unsaturated/α-hetero) is 3. The van der Waals surface area contributed by atoms with Gasteiger partial charge in [-0.1, -0.05) is 36.4 Å². The zero-order valence-corrected chi connectivity index (χ0v) is 27.4. The van der Waals surface area contributed by atoms with Gasteiger partial charge in [-0.05, 0) is 91.6 Å². The van der Waals surface area contributed by atoms with Crippen molar-refractivity contribution in [2.75, 3.05) is 0 Å². The molecule has 0 atom stereocenters. The molecule has 0 aromatic heterocycles. The predicted octanol–water partition coefficient (Wildman–Crippen LogP) is 5.59. The molecule has 0 bridgehead atoms. The van der Waals surface area contributed by atoms with Crippen molar-refractivity contribution < 1.29 is 55.9 Å². The number of benzene rings is 4. The van der Waals surface area contributed by atoms with Crippen molar-refractivity contribution in [2.45, 2.75) is 44.9 Å². The van der Waals surface area contributed by atoms with E-state index >= 15 is 0 Å². The van der Waals surface area contributed by atoms with E-state index in [9.17, 15) is 41.7 Å². The molecule has 0 unspecified atom stereocenters. The van der Waals surface area contributed by atoms with Crippen LogP contribution in [-0.4, -0.2) is 48.2 Å². The maximum absolute atomic E-state index is 13.0. The van der Waals surface area contributed by atoms with Gasteiger partial charge in [0.15, 0.2) is 0 Å². The first-order valence-corrected chi connectivity index (χ1v) is 16.1. The molecular weight excluding hydrogens is 656 g/mol. The third-order valence-electron chi connectivity index (χ3n) is 6.74. The molecule has 12 nitrogen and oxygen atoms in total. The van der Waals surface area contributed by atoms with Gasteiger partial charge in [-0.25, -0.2) is 0 Å². The molecule has 0 heterocycles. The average Bonchev–Trinajstić information content (AvgIpc) is 3.00. The van der Waals surface area contributed by atoms with E-state index in [0.29, 0.717) is 22.3 Å². The summed E-state index contributed by atoms with van der Waals surface area (Å²) in [7, 11) is -4.91. The molecule has 0 saturated heterocycles. The Hall–Kier alpha value is -5.79. The second kappa shape index (κ2) is 15.4. The molecule has 13 heteroatoms. The fourth-order valence-corrected chi connectivity index (χ4v) is 5.64. The van der Waals surface area contributed by atoms with Crippen LogP contribution in [0.15, 0.2) is 89.8 Å². The Labute approximate surface area is 281 Å². The van der Waals surface area contributed by atoms with Crippen molar-refractivity contribution in [3.05, 3.63) is 84.9 Å². The van der Waals surface area contributed by atoms with Gasteiger partial charge in [0, 0.05) is 11.1 Å². The topological polar surface area (TPSA) is 184 Å². The maximum atomic E-state index is 13.0. The van der Waals surface area contributed by atoms with Gasteiger partial charge in [-0.15, -0.1) is 0 Å². The molecule has 0 amide bonds. The summed E-state index contributed by atoms with van der Waals surface area (Å²) in [5.74, 6) is -3.01. The van der Waals surface area contributed by atoms with Crippen LogP contribution in [0, 0.1) is 0 Å². The number of rotatable bonds is 13. The zero-order chi connectivity index (χ0) is 35.9. The molecular formula is C36H30O12S. The van der Waals surface area contributed by atoms with E-state index in [0.717, 1.165) is 0 Å². The molecule has 4 aromatic carbocycles. The number of ether oxygens (including phenoxy) is 3. The molecule has 0 fully saturated rings. The minimum Gasteiger partial charge on any atom is -0.426 e. The summed E-state index contributed by atoms with van der Waals surface area (Å²) in [6.07, 6.45) is -1.25. The van der Waals surface area contributed by atoms with Crippen LogP contribution in [0.2, 0.25) is 0 Å². The third kappa shape index (κ3) is 10.1. The number of hydrogen-bond donors (Lipinski definition) is 1. The summed E-state index contributed by atoms with van der Waals surface area (Å²) < 4.78 is 52.1. The van der Waals surface area contributed by atoms with Crippen LogP contribution in [0.25, 0.3) is 33.4 Å². The highest BCUT2D eigenvalue weighted by molar-refractivity contribution is 7.86. The second-order valence-electron chi connectivity index (χ2n) is 11.0. The first kappa shape index (κ1) is 36.1. The molecule has 4 aromatic rings. The molecule has 0 aliphatic heterocycles. The molecule has 252 valence electrons. The highest BCUT2D eigenvalue weighted by Gasteiger charge is 2.25. The first-order chi connectivity index (χ1) is 23.1. The van der Waals surface area contributed by atoms with E-state index in [1.165, 1.54) is 93.6 Å². The van der Waals surface area contributed by atoms with Gasteiger partial charge in [0.1, 0.15) is 58.8 Å². The standard InChI is InChI=1S/C36H30O12S/c1-21(37)16-33(40)46-28-10-4-24(5-11-28)27-19-31(25-6-12-29(13-7-25)47-34(41)17-22(2)38)36(49(43,44)45)32(20-27)26-8-14-30(15-9-26)48-35(42)18-23(3)39/h4-15,19-20H,16-18H2,1-3H3,(H,43,44,45). The van der Waals surface area contributed by atoms with Gasteiger partial charge >= 0.3 is 17.9 Å². The van der Waals surface area contributed by atoms with Gasteiger partial charge in [-0.3, -0.25) is 33.3 Å². The fourth-order valence-electron chi connectivity index (χ4n) is 4.74. The van der Waals surface area contributed by atoms with Crippen molar-refractivity contribution in [1.82, 2.24) is 0 Å². The fraction of sp³-hybridized carbons (Fsp3) is 0.167. The minimum atomic E-state index is -4.91. The quantitative estimate of drug-likeness (QED) is 0.0797. The highest BCUT2D eigenvalue weighted by Crippen LogP contribution is 2.41. The van der Waals surface area contributed by atoms with Crippen molar-refractivity contribution in [2.24, 2.45) is 0 Å². The Kier molecular flexibility index (Phi) is 11.3. The summed E-state index contributed by atoms with van der Waals surface area (Å²) in [4.78, 5) is 69.3. The van der Waals surface area contributed by atoms with Crippen LogP contribution in [0.4, 0.5) is 0 Å². The summed E-state index contributed by atoms with van der Waals surface area (Å²) in [5, 5.41) is 0. The van der Waals surface area contributed by atoms with Crippen LogP contribution < -0.4 is 14.2 Å². The Balaban J connectivity index is 1.83. The summed E-state index contributed by atoms with van der Waals surface area (Å²) in [6, 6.07) is 20.8. The lowest BCUT2D eigenvalue weighted by Gasteiger charge is -2.17. The van der Waals surface area contributed by atoms with Gasteiger partial charge in [-0.2, -0.15) is 8.42 Å². The van der Waals surface area contributed by atoms with Crippen molar-refractivity contribution >= 4 is 45.4 Å². The number of ketones is 3. The molecule has 1 N–H and O–H groups in total.